The molecule has 0 bridgehead atoms. The number of rotatable bonds is 6. The van der Waals surface area contributed by atoms with E-state index in [-0.39, 0.29) is 13.0 Å². The van der Waals surface area contributed by atoms with Crippen LogP contribution in [0, 0.1) is 0 Å². The van der Waals surface area contributed by atoms with Gasteiger partial charge in [-0.3, -0.25) is 14.7 Å². The number of methoxy groups -OCH3 is 1. The first-order chi connectivity index (χ1) is 12.7. The first kappa shape index (κ1) is 17.7. The Morgan fingerprint density at radius 1 is 1.12 bits per heavy atom. The maximum atomic E-state index is 12.0. The Hall–Kier alpha value is -3.15. The van der Waals surface area contributed by atoms with E-state index in [2.05, 4.69) is 0 Å². The molecule has 0 aliphatic carbocycles. The van der Waals surface area contributed by atoms with E-state index >= 15 is 0 Å². The van der Waals surface area contributed by atoms with E-state index in [4.69, 9.17) is 14.5 Å². The second-order valence-electron chi connectivity index (χ2n) is 5.78. The van der Waals surface area contributed by atoms with Gasteiger partial charge < -0.3 is 9.47 Å². The van der Waals surface area contributed by atoms with Gasteiger partial charge in [0.15, 0.2) is 0 Å². The summed E-state index contributed by atoms with van der Waals surface area (Å²) in [6.45, 7) is 0.679. The number of aliphatic imine (C=N–C) groups is 1. The summed E-state index contributed by atoms with van der Waals surface area (Å²) in [6, 6.07) is 19.3. The van der Waals surface area contributed by atoms with E-state index in [1.807, 2.05) is 60.7 Å². The van der Waals surface area contributed by atoms with E-state index < -0.39 is 18.2 Å². The van der Waals surface area contributed by atoms with Crippen molar-refractivity contribution in [3.63, 3.8) is 0 Å². The zero-order valence-corrected chi connectivity index (χ0v) is 14.5. The second kappa shape index (κ2) is 8.29. The van der Waals surface area contributed by atoms with Crippen molar-refractivity contribution in [3.05, 3.63) is 71.8 Å². The molecule has 0 saturated carbocycles. The van der Waals surface area contributed by atoms with Crippen LogP contribution in [0.3, 0.4) is 0 Å². The number of cyclic esters (lactones) is 1. The van der Waals surface area contributed by atoms with Gasteiger partial charge in [-0.15, -0.1) is 0 Å². The predicted octanol–water partition coefficient (Wildman–Crippen LogP) is 2.87. The van der Waals surface area contributed by atoms with Crippen molar-refractivity contribution in [1.29, 1.82) is 0 Å². The topological polar surface area (TPSA) is 68.2 Å². The van der Waals surface area contributed by atoms with Crippen LogP contribution < -0.4 is 0 Å². The minimum Gasteiger partial charge on any atom is -0.469 e. The van der Waals surface area contributed by atoms with Crippen LogP contribution in [0.1, 0.15) is 17.5 Å². The summed E-state index contributed by atoms with van der Waals surface area (Å²) in [4.78, 5) is 30.1. The molecule has 0 radical (unpaired) electrons. The summed E-state index contributed by atoms with van der Waals surface area (Å²) in [6.07, 6.45) is -1.19. The average Bonchev–Trinajstić information content (AvgIpc) is 3.12. The highest BCUT2D eigenvalue weighted by molar-refractivity contribution is 6.13. The predicted molar refractivity (Wildman–Crippen MR) is 97.0 cm³/mol. The number of hydrogen-bond acceptors (Lipinski definition) is 5. The molecular formula is C20H20N2O4. The van der Waals surface area contributed by atoms with Gasteiger partial charge in [0.2, 0.25) is 0 Å². The van der Waals surface area contributed by atoms with Crippen molar-refractivity contribution in [1.82, 2.24) is 4.90 Å². The molecule has 26 heavy (non-hydrogen) atoms. The van der Waals surface area contributed by atoms with E-state index in [1.54, 1.807) is 0 Å². The van der Waals surface area contributed by atoms with Gasteiger partial charge in [-0.2, -0.15) is 0 Å². The maximum absolute atomic E-state index is 12.0. The SMILES string of the molecule is COC(=O)CC(N=C(c1ccccc1)c1ccccc1)N1CCOC1=O. The van der Waals surface area contributed by atoms with Crippen LogP contribution in [0.4, 0.5) is 4.79 Å². The number of nitrogens with zero attached hydrogens (tertiary/aromatic N) is 2. The average molecular weight is 352 g/mol. The van der Waals surface area contributed by atoms with E-state index in [1.165, 1.54) is 12.0 Å². The highest BCUT2D eigenvalue weighted by Gasteiger charge is 2.31. The molecule has 1 aliphatic rings. The third-order valence-electron chi connectivity index (χ3n) is 4.10. The summed E-state index contributed by atoms with van der Waals surface area (Å²) in [5, 5.41) is 0. The highest BCUT2D eigenvalue weighted by atomic mass is 16.6. The molecule has 134 valence electrons. The molecule has 6 heteroatoms. The number of benzene rings is 2. The fraction of sp³-hybridized carbons (Fsp3) is 0.250. The minimum atomic E-state index is -0.687. The van der Waals surface area contributed by atoms with Crippen LogP contribution in [0.5, 0.6) is 0 Å². The zero-order valence-electron chi connectivity index (χ0n) is 14.5. The molecule has 0 spiro atoms. The Bertz CT molecular complexity index is 748. The molecule has 0 N–H and O–H groups in total. The fourth-order valence-electron chi connectivity index (χ4n) is 2.79. The molecule has 1 aliphatic heterocycles. The van der Waals surface area contributed by atoms with E-state index in [0.717, 1.165) is 11.1 Å². The number of carbonyl (C=O) groups is 2. The minimum absolute atomic E-state index is 0.0330. The van der Waals surface area contributed by atoms with Crippen LogP contribution >= 0.6 is 0 Å². The molecule has 2 aromatic rings. The van der Waals surface area contributed by atoms with Gasteiger partial charge in [0.1, 0.15) is 12.8 Å². The second-order valence-corrected chi connectivity index (χ2v) is 5.78. The lowest BCUT2D eigenvalue weighted by molar-refractivity contribution is -0.141. The molecule has 1 amide bonds. The molecular weight excluding hydrogens is 332 g/mol. The van der Waals surface area contributed by atoms with Crippen LogP contribution in [-0.4, -0.2) is 49.1 Å². The van der Waals surface area contributed by atoms with Crippen molar-refractivity contribution in [2.75, 3.05) is 20.3 Å². The molecule has 1 heterocycles. The van der Waals surface area contributed by atoms with Crippen LogP contribution in [0.15, 0.2) is 65.7 Å². The Balaban J connectivity index is 2.04. The third-order valence-corrected chi connectivity index (χ3v) is 4.10. The summed E-state index contributed by atoms with van der Waals surface area (Å²) < 4.78 is 9.80. The summed E-state index contributed by atoms with van der Waals surface area (Å²) in [7, 11) is 1.32. The highest BCUT2D eigenvalue weighted by Crippen LogP contribution is 2.18. The van der Waals surface area contributed by atoms with Gasteiger partial charge >= 0.3 is 12.1 Å². The van der Waals surface area contributed by atoms with Crippen molar-refractivity contribution < 1.29 is 19.1 Å². The Labute approximate surface area is 152 Å². The summed E-state index contributed by atoms with van der Waals surface area (Å²) >= 11 is 0. The van der Waals surface area contributed by atoms with Crippen molar-refractivity contribution >= 4 is 17.8 Å². The lowest BCUT2D eigenvalue weighted by Crippen LogP contribution is -2.37. The van der Waals surface area contributed by atoms with Crippen LogP contribution in [0.25, 0.3) is 0 Å². The number of esters is 1. The van der Waals surface area contributed by atoms with E-state index in [9.17, 15) is 9.59 Å². The lowest BCUT2D eigenvalue weighted by Gasteiger charge is -2.22. The van der Waals surface area contributed by atoms with Gasteiger partial charge in [-0.25, -0.2) is 4.79 Å². The van der Waals surface area contributed by atoms with Gasteiger partial charge in [0, 0.05) is 11.1 Å². The van der Waals surface area contributed by atoms with Gasteiger partial charge in [-0.1, -0.05) is 60.7 Å². The largest absolute Gasteiger partial charge is 0.469 e. The fourth-order valence-corrected chi connectivity index (χ4v) is 2.79. The third kappa shape index (κ3) is 4.08. The molecule has 1 atom stereocenters. The number of ether oxygens (including phenoxy) is 2. The number of carbonyl (C=O) groups excluding carboxylic acids is 2. The Morgan fingerprint density at radius 2 is 1.69 bits per heavy atom. The van der Waals surface area contributed by atoms with Crippen molar-refractivity contribution in [3.8, 4) is 0 Å². The van der Waals surface area contributed by atoms with Crippen molar-refractivity contribution in [2.24, 2.45) is 4.99 Å². The Morgan fingerprint density at radius 3 is 2.15 bits per heavy atom. The number of hydrogen-bond donors (Lipinski definition) is 0. The maximum Gasteiger partial charge on any atom is 0.411 e. The monoisotopic (exact) mass is 352 g/mol. The smallest absolute Gasteiger partial charge is 0.411 e. The molecule has 0 aromatic heterocycles. The van der Waals surface area contributed by atoms with Crippen LogP contribution in [-0.2, 0) is 14.3 Å². The standard InChI is InChI=1S/C20H20N2O4/c1-25-18(23)14-17(22-12-13-26-20(22)24)21-19(15-8-4-2-5-9-15)16-10-6-3-7-11-16/h2-11,17H,12-14H2,1H3. The van der Waals surface area contributed by atoms with Crippen LogP contribution in [0.2, 0.25) is 0 Å². The van der Waals surface area contributed by atoms with Gasteiger partial charge in [0.25, 0.3) is 0 Å². The molecule has 1 saturated heterocycles. The van der Waals surface area contributed by atoms with E-state index in [0.29, 0.717) is 12.3 Å². The van der Waals surface area contributed by atoms with Gasteiger partial charge in [-0.05, 0) is 0 Å². The normalized spacial score (nSPS) is 14.5. The first-order valence-electron chi connectivity index (χ1n) is 8.38. The number of amides is 1. The molecule has 2 aromatic carbocycles. The summed E-state index contributed by atoms with van der Waals surface area (Å²) in [5.74, 6) is -0.432. The molecule has 1 fully saturated rings. The zero-order chi connectivity index (χ0) is 18.4. The molecule has 3 rings (SSSR count). The molecule has 1 unspecified atom stereocenters. The Kier molecular flexibility index (Phi) is 5.63. The first-order valence-corrected chi connectivity index (χ1v) is 8.38. The lowest BCUT2D eigenvalue weighted by atomic mass is 10.0. The van der Waals surface area contributed by atoms with Crippen molar-refractivity contribution in [2.45, 2.75) is 12.6 Å². The summed E-state index contributed by atoms with van der Waals surface area (Å²) in [5.41, 5.74) is 2.52. The van der Waals surface area contributed by atoms with Gasteiger partial charge in [0.05, 0.1) is 25.8 Å². The molecule has 6 nitrogen and oxygen atoms in total. The quantitative estimate of drug-likeness (QED) is 0.592.